The number of benzene rings is 1. The number of halogens is 1. The van der Waals surface area contributed by atoms with Gasteiger partial charge >= 0.3 is 0 Å². The van der Waals surface area contributed by atoms with Crippen molar-refractivity contribution in [1.29, 1.82) is 0 Å². The van der Waals surface area contributed by atoms with Gasteiger partial charge in [-0.25, -0.2) is 0 Å². The largest absolute Gasteiger partial charge is 0.489 e. The fraction of sp³-hybridized carbons (Fsp3) is 0.625. The van der Waals surface area contributed by atoms with Crippen LogP contribution in [-0.4, -0.2) is 44.3 Å². The van der Waals surface area contributed by atoms with Crippen molar-refractivity contribution in [2.45, 2.75) is 31.8 Å². The molecule has 2 aliphatic heterocycles. The van der Waals surface area contributed by atoms with E-state index in [1.54, 1.807) is 0 Å². The molecule has 5 heteroatoms. The van der Waals surface area contributed by atoms with Gasteiger partial charge in [-0.2, -0.15) is 0 Å². The number of hydrogen-bond acceptors (Lipinski definition) is 4. The number of nitrogens with one attached hydrogen (secondary N) is 1. The fourth-order valence-corrected chi connectivity index (χ4v) is 3.27. The average Bonchev–Trinajstić information content (AvgIpc) is 2.71. The van der Waals surface area contributed by atoms with Gasteiger partial charge in [-0.3, -0.25) is 0 Å². The maximum atomic E-state index is 6.32. The van der Waals surface area contributed by atoms with Gasteiger partial charge in [0.05, 0.1) is 18.2 Å². The van der Waals surface area contributed by atoms with E-state index in [4.69, 9.17) is 21.1 Å². The van der Waals surface area contributed by atoms with E-state index in [1.807, 2.05) is 12.1 Å². The van der Waals surface area contributed by atoms with Crippen molar-refractivity contribution in [1.82, 2.24) is 10.2 Å². The Bertz CT molecular complexity index is 495. The van der Waals surface area contributed by atoms with Crippen LogP contribution in [0.5, 0.6) is 11.5 Å². The van der Waals surface area contributed by atoms with E-state index in [0.29, 0.717) is 30.0 Å². The molecule has 4 nitrogen and oxygen atoms in total. The predicted molar refractivity (Wildman–Crippen MR) is 84.4 cm³/mol. The van der Waals surface area contributed by atoms with E-state index < -0.39 is 0 Å². The van der Waals surface area contributed by atoms with Crippen LogP contribution in [0.3, 0.4) is 0 Å². The number of ether oxygens (including phenoxy) is 2. The van der Waals surface area contributed by atoms with Crippen molar-refractivity contribution in [3.63, 3.8) is 0 Å². The monoisotopic (exact) mass is 310 g/mol. The van der Waals surface area contributed by atoms with Crippen LogP contribution >= 0.6 is 11.6 Å². The van der Waals surface area contributed by atoms with Crippen LogP contribution in [0.1, 0.15) is 24.8 Å². The van der Waals surface area contributed by atoms with Crippen molar-refractivity contribution in [3.8, 4) is 11.5 Å². The van der Waals surface area contributed by atoms with Crippen LogP contribution in [0.2, 0.25) is 5.02 Å². The molecule has 1 aromatic rings. The summed E-state index contributed by atoms with van der Waals surface area (Å²) < 4.78 is 11.4. The Kier molecular flexibility index (Phi) is 4.88. The second-order valence-electron chi connectivity index (χ2n) is 5.94. The smallest absolute Gasteiger partial charge is 0.179 e. The highest BCUT2D eigenvalue weighted by atomic mass is 35.5. The number of piperidine rings is 1. The van der Waals surface area contributed by atoms with Crippen LogP contribution < -0.4 is 14.8 Å². The summed E-state index contributed by atoms with van der Waals surface area (Å²) in [6, 6.07) is 4.58. The summed E-state index contributed by atoms with van der Waals surface area (Å²) in [5, 5.41) is 4.27. The van der Waals surface area contributed by atoms with Gasteiger partial charge in [0.25, 0.3) is 0 Å². The first-order chi connectivity index (χ1) is 10.2. The lowest BCUT2D eigenvalue weighted by Gasteiger charge is -2.30. The van der Waals surface area contributed by atoms with Crippen molar-refractivity contribution < 1.29 is 9.47 Å². The maximum Gasteiger partial charge on any atom is 0.179 e. The molecule has 1 saturated heterocycles. The average molecular weight is 311 g/mol. The van der Waals surface area contributed by atoms with Crippen LogP contribution in [-0.2, 0) is 6.54 Å². The number of hydrogen-bond donors (Lipinski definition) is 1. The van der Waals surface area contributed by atoms with Gasteiger partial charge in [0, 0.05) is 25.6 Å². The molecule has 0 aliphatic carbocycles. The molecule has 2 heterocycles. The van der Waals surface area contributed by atoms with E-state index in [0.717, 1.165) is 30.8 Å². The van der Waals surface area contributed by atoms with E-state index in [1.165, 1.54) is 19.4 Å². The van der Waals surface area contributed by atoms with Crippen molar-refractivity contribution >= 4 is 11.6 Å². The summed E-state index contributed by atoms with van der Waals surface area (Å²) in [5.74, 6) is 1.47. The Balaban J connectivity index is 1.65. The number of likely N-dealkylation sites (tertiary alicyclic amines) is 1. The minimum absolute atomic E-state index is 0.554. The molecule has 0 aromatic heterocycles. The first kappa shape index (κ1) is 14.9. The zero-order chi connectivity index (χ0) is 14.7. The second kappa shape index (κ2) is 6.86. The lowest BCUT2D eigenvalue weighted by atomic mass is 10.1. The molecule has 1 N–H and O–H groups in total. The maximum absolute atomic E-state index is 6.32. The summed E-state index contributed by atoms with van der Waals surface area (Å²) in [6.07, 6.45) is 3.39. The molecule has 1 atom stereocenters. The summed E-state index contributed by atoms with van der Waals surface area (Å²) in [4.78, 5) is 2.38. The molecule has 0 saturated carbocycles. The Morgan fingerprint density at radius 1 is 1.29 bits per heavy atom. The van der Waals surface area contributed by atoms with E-state index in [9.17, 15) is 0 Å². The SMILES string of the molecule is CN1CCCC(NCc2cc(Cl)c3c(c2)OCCCO3)C1. The lowest BCUT2D eigenvalue weighted by molar-refractivity contribution is 0.226. The van der Waals surface area contributed by atoms with Crippen LogP contribution in [0, 0.1) is 0 Å². The first-order valence-corrected chi connectivity index (χ1v) is 8.10. The van der Waals surface area contributed by atoms with Gasteiger partial charge in [-0.05, 0) is 44.1 Å². The number of fused-ring (bicyclic) bond motifs is 1. The number of nitrogens with zero attached hydrogens (tertiary/aromatic N) is 1. The molecular weight excluding hydrogens is 288 g/mol. The topological polar surface area (TPSA) is 33.7 Å². The minimum atomic E-state index is 0.554. The van der Waals surface area contributed by atoms with Gasteiger partial charge in [0.2, 0.25) is 0 Å². The zero-order valence-corrected chi connectivity index (χ0v) is 13.3. The molecule has 1 aromatic carbocycles. The molecule has 116 valence electrons. The van der Waals surface area contributed by atoms with E-state index in [2.05, 4.69) is 17.3 Å². The standard InChI is InChI=1S/C16H23ClN2O2/c1-19-5-2-4-13(11-19)18-10-12-8-14(17)16-15(9-12)20-6-3-7-21-16/h8-9,13,18H,2-7,10-11H2,1H3. The Labute approximate surface area is 131 Å². The van der Waals surface area contributed by atoms with Gasteiger partial charge in [-0.15, -0.1) is 0 Å². The number of rotatable bonds is 3. The third-order valence-corrected chi connectivity index (χ3v) is 4.36. The molecule has 2 aliphatic rings. The van der Waals surface area contributed by atoms with Crippen LogP contribution in [0.25, 0.3) is 0 Å². The van der Waals surface area contributed by atoms with E-state index >= 15 is 0 Å². The Hall–Kier alpha value is -0.970. The third-order valence-electron chi connectivity index (χ3n) is 4.08. The van der Waals surface area contributed by atoms with E-state index in [-0.39, 0.29) is 0 Å². The molecule has 21 heavy (non-hydrogen) atoms. The first-order valence-electron chi connectivity index (χ1n) is 7.72. The van der Waals surface area contributed by atoms with Crippen LogP contribution in [0.15, 0.2) is 12.1 Å². The number of likely N-dealkylation sites (N-methyl/N-ethyl adjacent to an activating group) is 1. The van der Waals surface area contributed by atoms with Crippen molar-refractivity contribution in [2.75, 3.05) is 33.4 Å². The molecule has 1 fully saturated rings. The zero-order valence-electron chi connectivity index (χ0n) is 12.5. The highest BCUT2D eigenvalue weighted by Crippen LogP contribution is 2.38. The van der Waals surface area contributed by atoms with Gasteiger partial charge in [0.1, 0.15) is 0 Å². The molecule has 1 unspecified atom stereocenters. The van der Waals surface area contributed by atoms with Crippen LogP contribution in [0.4, 0.5) is 0 Å². The molecular formula is C16H23ClN2O2. The van der Waals surface area contributed by atoms with Gasteiger partial charge < -0.3 is 19.7 Å². The molecule has 0 amide bonds. The molecule has 3 rings (SSSR count). The molecule has 0 spiro atoms. The summed E-state index contributed by atoms with van der Waals surface area (Å²) in [5.41, 5.74) is 1.15. The fourth-order valence-electron chi connectivity index (χ4n) is 2.98. The summed E-state index contributed by atoms with van der Waals surface area (Å²) >= 11 is 6.32. The quantitative estimate of drug-likeness (QED) is 0.931. The van der Waals surface area contributed by atoms with Crippen molar-refractivity contribution in [2.24, 2.45) is 0 Å². The van der Waals surface area contributed by atoms with Crippen molar-refractivity contribution in [3.05, 3.63) is 22.7 Å². The summed E-state index contributed by atoms with van der Waals surface area (Å²) in [7, 11) is 2.18. The van der Waals surface area contributed by atoms with Gasteiger partial charge in [0.15, 0.2) is 11.5 Å². The Morgan fingerprint density at radius 2 is 2.14 bits per heavy atom. The summed E-state index contributed by atoms with van der Waals surface area (Å²) in [6.45, 7) is 4.48. The Morgan fingerprint density at radius 3 is 3.00 bits per heavy atom. The predicted octanol–water partition coefficient (Wildman–Crippen LogP) is 2.69. The third kappa shape index (κ3) is 3.82. The second-order valence-corrected chi connectivity index (χ2v) is 6.34. The normalized spacial score (nSPS) is 22.9. The highest BCUT2D eigenvalue weighted by Gasteiger charge is 2.18. The lowest BCUT2D eigenvalue weighted by Crippen LogP contribution is -2.43. The molecule has 0 bridgehead atoms. The molecule has 0 radical (unpaired) electrons. The highest BCUT2D eigenvalue weighted by molar-refractivity contribution is 6.32. The minimum Gasteiger partial charge on any atom is -0.489 e. The van der Waals surface area contributed by atoms with Gasteiger partial charge in [-0.1, -0.05) is 11.6 Å².